The third-order valence-corrected chi connectivity index (χ3v) is 6.12. The van der Waals surface area contributed by atoms with Crippen LogP contribution in [0.2, 0.25) is 0 Å². The summed E-state index contributed by atoms with van der Waals surface area (Å²) in [5.74, 6) is -2.38. The Balaban J connectivity index is 1.71. The van der Waals surface area contributed by atoms with E-state index >= 15 is 0 Å². The van der Waals surface area contributed by atoms with Crippen molar-refractivity contribution >= 4 is 28.7 Å². The van der Waals surface area contributed by atoms with Crippen molar-refractivity contribution in [1.29, 1.82) is 0 Å². The predicted molar refractivity (Wildman–Crippen MR) is 169 cm³/mol. The lowest BCUT2D eigenvalue weighted by Crippen LogP contribution is -2.48. The van der Waals surface area contributed by atoms with Crippen molar-refractivity contribution in [3.63, 3.8) is 0 Å². The maximum Gasteiger partial charge on any atom is 0.339 e. The molecule has 0 aromatic heterocycles. The molecule has 0 fully saturated rings. The van der Waals surface area contributed by atoms with Gasteiger partial charge in [0, 0.05) is 0 Å². The van der Waals surface area contributed by atoms with Crippen LogP contribution in [0.3, 0.4) is 0 Å². The van der Waals surface area contributed by atoms with Gasteiger partial charge in [0.2, 0.25) is 0 Å². The Morgan fingerprint density at radius 1 is 0.682 bits per heavy atom. The molecule has 3 rings (SSSR count). The van der Waals surface area contributed by atoms with Crippen molar-refractivity contribution in [2.75, 3.05) is 13.2 Å². The first kappa shape index (κ1) is 34.5. The van der Waals surface area contributed by atoms with E-state index in [-0.39, 0.29) is 13.2 Å². The summed E-state index contributed by atoms with van der Waals surface area (Å²) in [4.78, 5) is 39.0. The maximum atomic E-state index is 13.3. The molecule has 2 atom stereocenters. The number of aryl methyl sites for hydroxylation is 1. The monoisotopic (exact) mass is 604 g/mol. The van der Waals surface area contributed by atoms with Gasteiger partial charge in [-0.15, -0.1) is 0 Å². The fraction of sp³-hybridized carbons (Fsp3) is 0.417. The van der Waals surface area contributed by atoms with E-state index in [1.54, 1.807) is 47.6 Å². The lowest BCUT2D eigenvalue weighted by Gasteiger charge is -2.28. The van der Waals surface area contributed by atoms with E-state index in [1.807, 2.05) is 48.5 Å². The number of esters is 3. The van der Waals surface area contributed by atoms with Crippen molar-refractivity contribution in [2.45, 2.75) is 84.4 Å². The molecular formula is C36H44O8. The molecular weight excluding hydrogens is 560 g/mol. The first-order valence-electron chi connectivity index (χ1n) is 14.8. The molecule has 0 spiro atoms. The predicted octanol–water partition coefficient (Wildman–Crippen LogP) is 6.53. The smallest absolute Gasteiger partial charge is 0.339 e. The number of rotatable bonds is 14. The molecule has 0 N–H and O–H groups in total. The van der Waals surface area contributed by atoms with Gasteiger partial charge in [-0.2, -0.15) is 0 Å². The molecule has 0 unspecified atom stereocenters. The summed E-state index contributed by atoms with van der Waals surface area (Å²) >= 11 is 0. The Hall–Kier alpha value is -4.01. The zero-order valence-electron chi connectivity index (χ0n) is 26.5. The van der Waals surface area contributed by atoms with Crippen LogP contribution in [0, 0.1) is 0 Å². The zero-order valence-corrected chi connectivity index (χ0v) is 26.5. The van der Waals surface area contributed by atoms with Gasteiger partial charge < -0.3 is 23.7 Å². The van der Waals surface area contributed by atoms with Crippen molar-refractivity contribution in [1.82, 2.24) is 0 Å². The van der Waals surface area contributed by atoms with E-state index in [0.717, 1.165) is 18.4 Å². The average Bonchev–Trinajstić information content (AvgIpc) is 2.95. The van der Waals surface area contributed by atoms with E-state index in [4.69, 9.17) is 23.7 Å². The summed E-state index contributed by atoms with van der Waals surface area (Å²) < 4.78 is 27.9. The summed E-state index contributed by atoms with van der Waals surface area (Å²) in [6, 6.07) is 23.7. The summed E-state index contributed by atoms with van der Waals surface area (Å²) in [7, 11) is 0. The van der Waals surface area contributed by atoms with Crippen LogP contribution < -0.4 is 0 Å². The first-order chi connectivity index (χ1) is 20.8. The summed E-state index contributed by atoms with van der Waals surface area (Å²) in [5.41, 5.74) is 0.323. The number of carbonyl (C=O) groups excluding carboxylic acids is 3. The molecule has 236 valence electrons. The molecule has 44 heavy (non-hydrogen) atoms. The number of allylic oxidation sites excluding steroid dienone is 1. The van der Waals surface area contributed by atoms with Crippen LogP contribution in [-0.4, -0.2) is 54.5 Å². The Morgan fingerprint density at radius 3 is 2.00 bits per heavy atom. The number of hydrogen-bond donors (Lipinski definition) is 0. The van der Waals surface area contributed by atoms with Gasteiger partial charge in [-0.25, -0.2) is 14.4 Å². The summed E-state index contributed by atoms with van der Waals surface area (Å²) in [6.45, 7) is 9.61. The Kier molecular flexibility index (Phi) is 12.7. The molecule has 0 saturated heterocycles. The van der Waals surface area contributed by atoms with Gasteiger partial charge in [-0.1, -0.05) is 84.9 Å². The molecule has 0 heterocycles. The molecule has 8 nitrogen and oxygen atoms in total. The molecule has 0 aliphatic heterocycles. The minimum absolute atomic E-state index is 0.00206. The second kappa shape index (κ2) is 16.2. The number of fused-ring (bicyclic) bond motifs is 1. The van der Waals surface area contributed by atoms with Crippen molar-refractivity contribution in [3.8, 4) is 0 Å². The van der Waals surface area contributed by atoms with Crippen molar-refractivity contribution < 1.29 is 38.1 Å². The topological polar surface area (TPSA) is 97.4 Å². The van der Waals surface area contributed by atoms with Crippen molar-refractivity contribution in [3.05, 3.63) is 96.1 Å². The van der Waals surface area contributed by atoms with Crippen LogP contribution in [0.25, 0.3) is 10.8 Å². The van der Waals surface area contributed by atoms with E-state index in [9.17, 15) is 14.4 Å². The van der Waals surface area contributed by atoms with Gasteiger partial charge in [-0.05, 0) is 76.3 Å². The SMILES string of the molecule is CC(C)(C)OC(=O)CO[C@@H](C(=O)OC(C)(C)C)[C@@H](OCC=CCCc1ccc2ccccc2c1)C(=O)OCc1ccccc1. The highest BCUT2D eigenvalue weighted by Gasteiger charge is 2.40. The zero-order chi connectivity index (χ0) is 32.2. The highest BCUT2D eigenvalue weighted by atomic mass is 16.6. The molecule has 3 aromatic carbocycles. The second-order valence-electron chi connectivity index (χ2n) is 12.4. The largest absolute Gasteiger partial charge is 0.459 e. The van der Waals surface area contributed by atoms with Gasteiger partial charge in [0.1, 0.15) is 24.4 Å². The van der Waals surface area contributed by atoms with Crippen LogP contribution in [0.1, 0.15) is 59.1 Å². The van der Waals surface area contributed by atoms with Crippen LogP contribution in [-0.2, 0) is 51.1 Å². The molecule has 0 aliphatic carbocycles. The molecule has 0 radical (unpaired) electrons. The van der Waals surface area contributed by atoms with Crippen LogP contribution >= 0.6 is 0 Å². The number of ether oxygens (including phenoxy) is 5. The van der Waals surface area contributed by atoms with Gasteiger partial charge >= 0.3 is 17.9 Å². The number of carbonyl (C=O) groups is 3. The molecule has 0 amide bonds. The minimum Gasteiger partial charge on any atom is -0.459 e. The van der Waals surface area contributed by atoms with Crippen molar-refractivity contribution in [2.24, 2.45) is 0 Å². The minimum atomic E-state index is -1.57. The van der Waals surface area contributed by atoms with E-state index < -0.39 is 47.9 Å². The fourth-order valence-electron chi connectivity index (χ4n) is 4.25. The van der Waals surface area contributed by atoms with Crippen LogP contribution in [0.5, 0.6) is 0 Å². The van der Waals surface area contributed by atoms with Gasteiger partial charge in [0.15, 0.2) is 12.2 Å². The van der Waals surface area contributed by atoms with Crippen LogP contribution in [0.4, 0.5) is 0 Å². The second-order valence-corrected chi connectivity index (χ2v) is 12.4. The Bertz CT molecular complexity index is 1400. The lowest BCUT2D eigenvalue weighted by molar-refractivity contribution is -0.193. The molecule has 8 heteroatoms. The standard InChI is InChI=1S/C36H44O8/c1-35(2,3)43-30(37)25-41-32(34(39)44-36(4,5)6)31(33(38)42-24-27-16-9-7-10-17-27)40-22-14-8-11-15-26-20-21-28-18-12-13-19-29(28)23-26/h7-10,12-14,16-21,23,31-32H,11,15,22,24-25H2,1-6H3/t31-,32-/m1/s1. The third-order valence-electron chi connectivity index (χ3n) is 6.12. The Labute approximate surface area is 260 Å². The quantitative estimate of drug-likeness (QED) is 0.116. The van der Waals surface area contributed by atoms with Gasteiger partial charge in [-0.3, -0.25) is 0 Å². The van der Waals surface area contributed by atoms with E-state index in [2.05, 4.69) is 30.3 Å². The molecule has 0 saturated carbocycles. The summed E-state index contributed by atoms with van der Waals surface area (Å²) in [6.07, 6.45) is 2.22. The molecule has 0 bridgehead atoms. The number of hydrogen-bond acceptors (Lipinski definition) is 8. The normalized spacial score (nSPS) is 13.4. The third kappa shape index (κ3) is 12.3. The van der Waals surface area contributed by atoms with E-state index in [0.29, 0.717) is 0 Å². The van der Waals surface area contributed by atoms with E-state index in [1.165, 1.54) is 16.3 Å². The van der Waals surface area contributed by atoms with Crippen LogP contribution in [0.15, 0.2) is 84.9 Å². The lowest BCUT2D eigenvalue weighted by atomic mass is 10.0. The molecule has 0 aliphatic rings. The number of benzene rings is 3. The maximum absolute atomic E-state index is 13.3. The highest BCUT2D eigenvalue weighted by Crippen LogP contribution is 2.18. The fourth-order valence-corrected chi connectivity index (χ4v) is 4.25. The van der Waals surface area contributed by atoms with Gasteiger partial charge in [0.05, 0.1) is 6.61 Å². The highest BCUT2D eigenvalue weighted by molar-refractivity contribution is 5.86. The molecule has 3 aromatic rings. The first-order valence-corrected chi connectivity index (χ1v) is 14.8. The Morgan fingerprint density at radius 2 is 1.32 bits per heavy atom. The summed E-state index contributed by atoms with van der Waals surface area (Å²) in [5, 5.41) is 2.38. The van der Waals surface area contributed by atoms with Gasteiger partial charge in [0.25, 0.3) is 0 Å². The average molecular weight is 605 g/mol.